The zero-order chi connectivity index (χ0) is 13.7. The molecular formula is C12H16N4O2S. The lowest BCUT2D eigenvalue weighted by atomic mass is 9.99. The molecule has 1 aliphatic heterocycles. The lowest BCUT2D eigenvalue weighted by Crippen LogP contribution is -2.36. The Labute approximate surface area is 112 Å². The van der Waals surface area contributed by atoms with E-state index in [1.54, 1.807) is 0 Å². The maximum Gasteiger partial charge on any atom is 0.242 e. The number of rotatable bonds is 4. The van der Waals surface area contributed by atoms with Crippen molar-refractivity contribution in [3.05, 3.63) is 24.0 Å². The summed E-state index contributed by atoms with van der Waals surface area (Å²) >= 11 is 0. The number of hydrogen-bond acceptors (Lipinski definition) is 5. The summed E-state index contributed by atoms with van der Waals surface area (Å²) in [6.07, 6.45) is 3.17. The number of hydrogen-bond donors (Lipinski definition) is 2. The van der Waals surface area contributed by atoms with Crippen molar-refractivity contribution in [3.8, 4) is 6.07 Å². The van der Waals surface area contributed by atoms with E-state index in [1.165, 1.54) is 18.3 Å². The third kappa shape index (κ3) is 3.73. The fourth-order valence-corrected chi connectivity index (χ4v) is 3.06. The lowest BCUT2D eigenvalue weighted by molar-refractivity contribution is 0.372. The highest BCUT2D eigenvalue weighted by Gasteiger charge is 2.18. The van der Waals surface area contributed by atoms with Crippen molar-refractivity contribution in [1.82, 2.24) is 15.0 Å². The summed E-state index contributed by atoms with van der Waals surface area (Å²) in [5.41, 5.74) is 0.206. The van der Waals surface area contributed by atoms with Crippen LogP contribution in [0.25, 0.3) is 0 Å². The third-order valence-corrected chi connectivity index (χ3v) is 4.59. The second-order valence-corrected chi connectivity index (χ2v) is 6.30. The number of pyridine rings is 1. The van der Waals surface area contributed by atoms with E-state index >= 15 is 0 Å². The number of nitrogens with zero attached hydrogens (tertiary/aromatic N) is 2. The molecule has 0 atom stereocenters. The maximum absolute atomic E-state index is 12.0. The highest BCUT2D eigenvalue weighted by Crippen LogP contribution is 2.12. The highest BCUT2D eigenvalue weighted by molar-refractivity contribution is 7.89. The van der Waals surface area contributed by atoms with Crippen molar-refractivity contribution in [3.63, 3.8) is 0 Å². The molecule has 1 aromatic rings. The predicted octanol–water partition coefficient (Wildman–Crippen LogP) is 0.231. The molecule has 19 heavy (non-hydrogen) atoms. The van der Waals surface area contributed by atoms with Crippen LogP contribution in [0, 0.1) is 17.2 Å². The first-order chi connectivity index (χ1) is 9.12. The minimum Gasteiger partial charge on any atom is -0.317 e. The van der Waals surface area contributed by atoms with Gasteiger partial charge in [0.2, 0.25) is 10.0 Å². The van der Waals surface area contributed by atoms with Crippen LogP contribution in [0.3, 0.4) is 0 Å². The van der Waals surface area contributed by atoms with E-state index in [-0.39, 0.29) is 10.6 Å². The molecule has 2 N–H and O–H groups in total. The summed E-state index contributed by atoms with van der Waals surface area (Å²) in [4.78, 5) is 3.87. The van der Waals surface area contributed by atoms with Gasteiger partial charge in [-0.15, -0.1) is 0 Å². The van der Waals surface area contributed by atoms with E-state index in [2.05, 4.69) is 15.0 Å². The van der Waals surface area contributed by atoms with E-state index in [1.807, 2.05) is 6.07 Å². The molecule has 0 aliphatic carbocycles. The van der Waals surface area contributed by atoms with E-state index in [0.29, 0.717) is 12.5 Å². The summed E-state index contributed by atoms with van der Waals surface area (Å²) in [6.45, 7) is 2.32. The number of piperidine rings is 1. The summed E-state index contributed by atoms with van der Waals surface area (Å²) in [5, 5.41) is 11.9. The molecule has 0 saturated carbocycles. The summed E-state index contributed by atoms with van der Waals surface area (Å²) in [7, 11) is -3.53. The van der Waals surface area contributed by atoms with Crippen LogP contribution in [0.2, 0.25) is 0 Å². The van der Waals surface area contributed by atoms with Crippen molar-refractivity contribution in [2.24, 2.45) is 5.92 Å². The number of nitrogens with one attached hydrogen (secondary N) is 2. The van der Waals surface area contributed by atoms with Gasteiger partial charge in [0.15, 0.2) is 0 Å². The first kappa shape index (κ1) is 13.9. The van der Waals surface area contributed by atoms with Crippen LogP contribution in [0.1, 0.15) is 18.5 Å². The Morgan fingerprint density at radius 2 is 2.16 bits per heavy atom. The van der Waals surface area contributed by atoms with Gasteiger partial charge in [-0.3, -0.25) is 0 Å². The molecule has 0 spiro atoms. The van der Waals surface area contributed by atoms with Crippen molar-refractivity contribution in [2.75, 3.05) is 19.6 Å². The minimum atomic E-state index is -3.53. The Balaban J connectivity index is 1.99. The van der Waals surface area contributed by atoms with Crippen molar-refractivity contribution in [1.29, 1.82) is 5.26 Å². The molecule has 2 heterocycles. The topological polar surface area (TPSA) is 94.9 Å². The number of sulfonamides is 1. The first-order valence-electron chi connectivity index (χ1n) is 6.18. The van der Waals surface area contributed by atoms with E-state index in [4.69, 9.17) is 5.26 Å². The fraction of sp³-hybridized carbons (Fsp3) is 0.500. The van der Waals surface area contributed by atoms with Gasteiger partial charge in [-0.2, -0.15) is 5.26 Å². The maximum atomic E-state index is 12.0. The molecule has 0 aromatic carbocycles. The van der Waals surface area contributed by atoms with E-state index < -0.39 is 10.0 Å². The Bertz CT molecular complexity index is 556. The standard InChI is InChI=1S/C12H16N4O2S/c13-7-11-1-2-12(9-15-11)19(17,18)16-8-10-3-5-14-6-4-10/h1-2,9-10,14,16H,3-6,8H2. The van der Waals surface area contributed by atoms with Crippen molar-refractivity contribution < 1.29 is 8.42 Å². The Morgan fingerprint density at radius 1 is 1.42 bits per heavy atom. The van der Waals surface area contributed by atoms with Crippen molar-refractivity contribution >= 4 is 10.0 Å². The minimum absolute atomic E-state index is 0.0976. The van der Waals surface area contributed by atoms with Crippen LogP contribution >= 0.6 is 0 Å². The Kier molecular flexibility index (Phi) is 4.47. The largest absolute Gasteiger partial charge is 0.317 e. The Hall–Kier alpha value is -1.49. The van der Waals surface area contributed by atoms with Gasteiger partial charge < -0.3 is 5.32 Å². The highest BCUT2D eigenvalue weighted by atomic mass is 32.2. The van der Waals surface area contributed by atoms with Gasteiger partial charge in [-0.05, 0) is 44.0 Å². The average Bonchev–Trinajstić information content (AvgIpc) is 2.46. The molecule has 0 radical (unpaired) electrons. The summed E-state index contributed by atoms with van der Waals surface area (Å²) in [5.74, 6) is 0.377. The fourth-order valence-electron chi connectivity index (χ4n) is 2.00. The van der Waals surface area contributed by atoms with Crippen LogP contribution in [-0.2, 0) is 10.0 Å². The molecule has 7 heteroatoms. The van der Waals surface area contributed by atoms with Crippen molar-refractivity contribution in [2.45, 2.75) is 17.7 Å². The third-order valence-electron chi connectivity index (χ3n) is 3.18. The molecule has 1 aromatic heterocycles. The monoisotopic (exact) mass is 280 g/mol. The zero-order valence-corrected chi connectivity index (χ0v) is 11.3. The first-order valence-corrected chi connectivity index (χ1v) is 7.66. The predicted molar refractivity (Wildman–Crippen MR) is 69.7 cm³/mol. The molecule has 0 bridgehead atoms. The van der Waals surface area contributed by atoms with Crippen LogP contribution in [0.15, 0.2) is 23.2 Å². The molecule has 1 aliphatic rings. The molecule has 6 nitrogen and oxygen atoms in total. The van der Waals surface area contributed by atoms with E-state index in [0.717, 1.165) is 25.9 Å². The zero-order valence-electron chi connectivity index (χ0n) is 10.5. The summed E-state index contributed by atoms with van der Waals surface area (Å²) in [6, 6.07) is 4.66. The molecule has 1 saturated heterocycles. The van der Waals surface area contributed by atoms with Gasteiger partial charge in [-0.25, -0.2) is 18.1 Å². The smallest absolute Gasteiger partial charge is 0.242 e. The van der Waals surface area contributed by atoms with Gasteiger partial charge in [0.1, 0.15) is 16.7 Å². The number of nitriles is 1. The molecule has 0 amide bonds. The van der Waals surface area contributed by atoms with Crippen LogP contribution in [-0.4, -0.2) is 33.0 Å². The quantitative estimate of drug-likeness (QED) is 0.823. The Morgan fingerprint density at radius 3 is 2.74 bits per heavy atom. The van der Waals surface area contributed by atoms with Gasteiger partial charge in [0.25, 0.3) is 0 Å². The molecular weight excluding hydrogens is 264 g/mol. The van der Waals surface area contributed by atoms with Crippen LogP contribution < -0.4 is 10.0 Å². The molecule has 0 unspecified atom stereocenters. The van der Waals surface area contributed by atoms with E-state index in [9.17, 15) is 8.42 Å². The van der Waals surface area contributed by atoms with Gasteiger partial charge in [-0.1, -0.05) is 0 Å². The average molecular weight is 280 g/mol. The van der Waals surface area contributed by atoms with Gasteiger partial charge in [0, 0.05) is 12.7 Å². The summed E-state index contributed by atoms with van der Waals surface area (Å²) < 4.78 is 26.7. The normalized spacial score (nSPS) is 17.0. The molecule has 102 valence electrons. The van der Waals surface area contributed by atoms with Crippen LogP contribution in [0.5, 0.6) is 0 Å². The van der Waals surface area contributed by atoms with Crippen LogP contribution in [0.4, 0.5) is 0 Å². The van der Waals surface area contributed by atoms with Gasteiger partial charge in [0.05, 0.1) is 0 Å². The second kappa shape index (κ2) is 6.10. The molecule has 1 fully saturated rings. The lowest BCUT2D eigenvalue weighted by Gasteiger charge is -2.22. The molecule has 2 rings (SSSR count). The SMILES string of the molecule is N#Cc1ccc(S(=O)(=O)NCC2CCNCC2)cn1. The number of aromatic nitrogens is 1. The second-order valence-electron chi connectivity index (χ2n) is 4.54. The van der Waals surface area contributed by atoms with Gasteiger partial charge >= 0.3 is 0 Å².